The smallest absolute Gasteiger partial charge is 0.229 e. The molecule has 13 nitrogen and oxygen atoms in total. The first kappa shape index (κ1) is 27.7. The van der Waals surface area contributed by atoms with Crippen LogP contribution in [-0.4, -0.2) is 110 Å². The van der Waals surface area contributed by atoms with Gasteiger partial charge in [0.25, 0.3) is 0 Å². The van der Waals surface area contributed by atoms with Crippen LogP contribution in [0.1, 0.15) is 28.4 Å². The Morgan fingerprint density at radius 1 is 1.00 bits per heavy atom. The van der Waals surface area contributed by atoms with E-state index in [-0.39, 0.29) is 29.5 Å². The SMILES string of the molecule is O=C1C[C@@H](c2ccc(O[C@H]3O[C@@H](CO)[C@H](O)[C@@H](O)[C@@H]3O[C@@H]3OC[C@](O)(CO)[C@@H]3O)cc2)Oc2cc(O)ccc21. The number of carbonyl (C=O) groups excluding carboxylic acids is 1. The molecule has 9 atom stereocenters. The van der Waals surface area contributed by atoms with Crippen molar-refractivity contribution in [1.29, 1.82) is 0 Å². The van der Waals surface area contributed by atoms with Crippen LogP contribution in [0.25, 0.3) is 0 Å². The third kappa shape index (κ3) is 5.33. The summed E-state index contributed by atoms with van der Waals surface area (Å²) in [6.07, 6.45) is -10.9. The lowest BCUT2D eigenvalue weighted by atomic mass is 9.96. The molecule has 13 heteroatoms. The third-order valence-corrected chi connectivity index (χ3v) is 7.11. The minimum absolute atomic E-state index is 0.0275. The largest absolute Gasteiger partial charge is 0.508 e. The van der Waals surface area contributed by atoms with E-state index in [0.717, 1.165) is 0 Å². The first-order chi connectivity index (χ1) is 18.6. The van der Waals surface area contributed by atoms with Gasteiger partial charge in [0.05, 0.1) is 31.8 Å². The number of Topliss-reactive ketones (excluding diaryl/α,β-unsaturated/α-hetero) is 1. The molecule has 2 fully saturated rings. The molecule has 3 heterocycles. The third-order valence-electron chi connectivity index (χ3n) is 7.11. The van der Waals surface area contributed by atoms with Crippen LogP contribution in [0.2, 0.25) is 0 Å². The first-order valence-electron chi connectivity index (χ1n) is 12.3. The summed E-state index contributed by atoms with van der Waals surface area (Å²) in [7, 11) is 0. The van der Waals surface area contributed by atoms with E-state index in [0.29, 0.717) is 11.1 Å². The van der Waals surface area contributed by atoms with Crippen LogP contribution < -0.4 is 9.47 Å². The van der Waals surface area contributed by atoms with E-state index in [2.05, 4.69) is 0 Å². The fourth-order valence-corrected chi connectivity index (χ4v) is 4.75. The van der Waals surface area contributed by atoms with Crippen LogP contribution in [0, 0.1) is 0 Å². The summed E-state index contributed by atoms with van der Waals surface area (Å²) in [5.74, 6) is 0.348. The second-order valence-corrected chi connectivity index (χ2v) is 9.79. The number of benzene rings is 2. The Morgan fingerprint density at radius 3 is 2.41 bits per heavy atom. The summed E-state index contributed by atoms with van der Waals surface area (Å²) in [5, 5.41) is 70.3. The van der Waals surface area contributed by atoms with Gasteiger partial charge in [-0.1, -0.05) is 12.1 Å². The predicted octanol–water partition coefficient (Wildman–Crippen LogP) is -1.26. The highest BCUT2D eigenvalue weighted by atomic mass is 16.8. The van der Waals surface area contributed by atoms with Crippen molar-refractivity contribution in [1.82, 2.24) is 0 Å². The molecule has 0 unspecified atom stereocenters. The fourth-order valence-electron chi connectivity index (χ4n) is 4.75. The number of ketones is 1. The predicted molar refractivity (Wildman–Crippen MR) is 128 cm³/mol. The molecule has 212 valence electrons. The van der Waals surface area contributed by atoms with Crippen LogP contribution in [0.5, 0.6) is 17.2 Å². The van der Waals surface area contributed by atoms with E-state index >= 15 is 0 Å². The second-order valence-electron chi connectivity index (χ2n) is 9.79. The number of ether oxygens (including phenoxy) is 5. The van der Waals surface area contributed by atoms with Crippen molar-refractivity contribution in [2.24, 2.45) is 0 Å². The molecule has 3 aliphatic rings. The average Bonchev–Trinajstić information content (AvgIpc) is 3.21. The summed E-state index contributed by atoms with van der Waals surface area (Å²) in [4.78, 5) is 12.5. The molecule has 0 bridgehead atoms. The molecule has 2 saturated heterocycles. The van der Waals surface area contributed by atoms with Gasteiger partial charge in [0.1, 0.15) is 53.4 Å². The number of hydrogen-bond donors (Lipinski definition) is 7. The van der Waals surface area contributed by atoms with Crippen molar-refractivity contribution in [3.63, 3.8) is 0 Å². The van der Waals surface area contributed by atoms with Gasteiger partial charge >= 0.3 is 0 Å². The van der Waals surface area contributed by atoms with Crippen LogP contribution in [0.4, 0.5) is 0 Å². The number of hydrogen-bond acceptors (Lipinski definition) is 13. The molecule has 2 aromatic carbocycles. The Kier molecular flexibility index (Phi) is 7.79. The van der Waals surface area contributed by atoms with E-state index in [1.165, 1.54) is 18.2 Å². The van der Waals surface area contributed by atoms with Crippen LogP contribution in [-0.2, 0) is 14.2 Å². The molecule has 5 rings (SSSR count). The van der Waals surface area contributed by atoms with Crippen LogP contribution >= 0.6 is 0 Å². The summed E-state index contributed by atoms with van der Waals surface area (Å²) in [6.45, 7) is -1.88. The number of phenols is 1. The Balaban J connectivity index is 1.31. The molecule has 0 aliphatic carbocycles. The maximum Gasteiger partial charge on any atom is 0.229 e. The second kappa shape index (κ2) is 11.0. The molecular weight excluding hydrogens is 520 g/mol. The molecule has 0 spiro atoms. The molecule has 0 amide bonds. The lowest BCUT2D eigenvalue weighted by molar-refractivity contribution is -0.318. The number of phenolic OH excluding ortho intramolecular Hbond substituents is 1. The molecule has 0 radical (unpaired) electrons. The topological polar surface area (TPSA) is 205 Å². The molecular formula is C26H30O13. The zero-order chi connectivity index (χ0) is 27.9. The maximum atomic E-state index is 12.5. The van der Waals surface area contributed by atoms with Crippen molar-refractivity contribution < 1.29 is 64.2 Å². The highest BCUT2D eigenvalue weighted by molar-refractivity contribution is 6.00. The van der Waals surface area contributed by atoms with Crippen molar-refractivity contribution in [2.45, 2.75) is 61.2 Å². The number of rotatable bonds is 7. The number of aromatic hydroxyl groups is 1. The van der Waals surface area contributed by atoms with Gasteiger partial charge in [-0.3, -0.25) is 4.79 Å². The fraction of sp³-hybridized carbons (Fsp3) is 0.500. The van der Waals surface area contributed by atoms with Crippen LogP contribution in [0.15, 0.2) is 42.5 Å². The van der Waals surface area contributed by atoms with Crippen molar-refractivity contribution in [3.8, 4) is 17.2 Å². The average molecular weight is 551 g/mol. The van der Waals surface area contributed by atoms with Gasteiger partial charge in [-0.2, -0.15) is 0 Å². The molecule has 7 N–H and O–H groups in total. The monoisotopic (exact) mass is 550 g/mol. The van der Waals surface area contributed by atoms with E-state index in [9.17, 15) is 40.5 Å². The number of aliphatic hydroxyl groups excluding tert-OH is 5. The highest BCUT2D eigenvalue weighted by Crippen LogP contribution is 2.38. The zero-order valence-electron chi connectivity index (χ0n) is 20.6. The van der Waals surface area contributed by atoms with Gasteiger partial charge in [0.2, 0.25) is 6.29 Å². The Bertz CT molecular complexity index is 1170. The van der Waals surface area contributed by atoms with E-state index < -0.39 is 74.6 Å². The molecule has 0 saturated carbocycles. The van der Waals surface area contributed by atoms with Crippen molar-refractivity contribution in [3.05, 3.63) is 53.6 Å². The number of carbonyl (C=O) groups is 1. The minimum Gasteiger partial charge on any atom is -0.508 e. The summed E-state index contributed by atoms with van der Waals surface area (Å²) in [6, 6.07) is 10.7. The molecule has 3 aliphatic heterocycles. The molecule has 39 heavy (non-hydrogen) atoms. The normalized spacial score (nSPS) is 36.3. The maximum absolute atomic E-state index is 12.5. The molecule has 0 aromatic heterocycles. The van der Waals surface area contributed by atoms with Gasteiger partial charge in [-0.05, 0) is 29.8 Å². The lowest BCUT2D eigenvalue weighted by Gasteiger charge is -2.42. The van der Waals surface area contributed by atoms with E-state index in [4.69, 9.17) is 23.7 Å². The summed E-state index contributed by atoms with van der Waals surface area (Å²) < 4.78 is 28.3. The lowest BCUT2D eigenvalue weighted by Crippen LogP contribution is -2.62. The Hall–Kier alpha value is -2.85. The van der Waals surface area contributed by atoms with Crippen molar-refractivity contribution >= 4 is 5.78 Å². The van der Waals surface area contributed by atoms with E-state index in [1.54, 1.807) is 24.3 Å². The van der Waals surface area contributed by atoms with Gasteiger partial charge in [-0.15, -0.1) is 0 Å². The summed E-state index contributed by atoms with van der Waals surface area (Å²) >= 11 is 0. The van der Waals surface area contributed by atoms with Gasteiger partial charge in [0.15, 0.2) is 18.2 Å². The standard InChI is InChI=1S/C26H30O13/c27-9-19-20(31)21(32)22(39-25-23(33)26(34,10-28)11-35-25)24(38-19)36-14-4-1-12(2-5-14)17-8-16(30)15-6-3-13(29)7-18(15)37-17/h1-7,17,19-25,27-29,31-34H,8-11H2/t17-,19-,20-,21+,22-,23+,24-,25-,26+/m0/s1. The van der Waals surface area contributed by atoms with E-state index in [1.807, 2.05) is 0 Å². The number of aliphatic hydroxyl groups is 6. The van der Waals surface area contributed by atoms with Gasteiger partial charge in [0, 0.05) is 6.07 Å². The Labute approximate surface area is 222 Å². The Morgan fingerprint density at radius 2 is 1.74 bits per heavy atom. The first-order valence-corrected chi connectivity index (χ1v) is 12.3. The van der Waals surface area contributed by atoms with Gasteiger partial charge < -0.3 is 59.4 Å². The van der Waals surface area contributed by atoms with Crippen molar-refractivity contribution in [2.75, 3.05) is 19.8 Å². The highest BCUT2D eigenvalue weighted by Gasteiger charge is 2.53. The van der Waals surface area contributed by atoms with Gasteiger partial charge in [-0.25, -0.2) is 0 Å². The number of fused-ring (bicyclic) bond motifs is 1. The quantitative estimate of drug-likeness (QED) is 0.215. The van der Waals surface area contributed by atoms with Crippen LogP contribution in [0.3, 0.4) is 0 Å². The summed E-state index contributed by atoms with van der Waals surface area (Å²) in [5.41, 5.74) is -0.945. The zero-order valence-corrected chi connectivity index (χ0v) is 20.6. The minimum atomic E-state index is -1.98. The molecule has 2 aromatic rings.